The molecule has 0 spiro atoms. The van der Waals surface area contributed by atoms with Gasteiger partial charge in [-0.25, -0.2) is 0 Å². The van der Waals surface area contributed by atoms with E-state index in [1.54, 1.807) is 0 Å². The van der Waals surface area contributed by atoms with Crippen LogP contribution in [0.3, 0.4) is 0 Å². The number of hydrogen-bond acceptors (Lipinski definition) is 1. The van der Waals surface area contributed by atoms with Crippen molar-refractivity contribution in [3.05, 3.63) is 11.6 Å². The van der Waals surface area contributed by atoms with Crippen LogP contribution in [0, 0.1) is 10.8 Å². The zero-order valence-electron chi connectivity index (χ0n) is 8.23. The number of carbonyl (C=O) groups is 1. The predicted octanol–water partition coefficient (Wildman–Crippen LogP) is 2.86. The number of carbonyl (C=O) groups excluding carboxylic acids is 1. The quantitative estimate of drug-likeness (QED) is 0.554. The van der Waals surface area contributed by atoms with Gasteiger partial charge in [-0.1, -0.05) is 18.4 Å². The Balaban J connectivity index is 2.21. The highest BCUT2D eigenvalue weighted by Crippen LogP contribution is 2.69. The minimum absolute atomic E-state index is 0.0943. The summed E-state index contributed by atoms with van der Waals surface area (Å²) in [7, 11) is 0. The second-order valence-corrected chi connectivity index (χ2v) is 5.06. The van der Waals surface area contributed by atoms with Gasteiger partial charge in [0.05, 0.1) is 0 Å². The fourth-order valence-electron chi connectivity index (χ4n) is 4.32. The van der Waals surface area contributed by atoms with Crippen molar-refractivity contribution in [3.8, 4) is 0 Å². The van der Waals surface area contributed by atoms with E-state index in [1.165, 1.54) is 44.1 Å². The lowest BCUT2D eigenvalue weighted by Gasteiger charge is -2.34. The summed E-state index contributed by atoms with van der Waals surface area (Å²) in [5.74, 6) is 0.458. The van der Waals surface area contributed by atoms with Crippen molar-refractivity contribution in [2.45, 2.75) is 45.4 Å². The van der Waals surface area contributed by atoms with E-state index in [0.717, 1.165) is 0 Å². The Morgan fingerprint density at radius 1 is 1.08 bits per heavy atom. The van der Waals surface area contributed by atoms with Crippen molar-refractivity contribution < 1.29 is 4.79 Å². The van der Waals surface area contributed by atoms with Gasteiger partial charge in [-0.2, -0.15) is 0 Å². The van der Waals surface area contributed by atoms with Crippen LogP contribution in [0.5, 0.6) is 0 Å². The van der Waals surface area contributed by atoms with Crippen LogP contribution in [0.25, 0.3) is 0 Å². The molecule has 1 heteroatoms. The Labute approximate surface area is 79.2 Å². The van der Waals surface area contributed by atoms with Gasteiger partial charge in [0.2, 0.25) is 0 Å². The average molecular weight is 176 g/mol. The highest BCUT2D eigenvalue weighted by Gasteiger charge is 2.64. The van der Waals surface area contributed by atoms with Gasteiger partial charge in [0, 0.05) is 10.8 Å². The van der Waals surface area contributed by atoms with Crippen LogP contribution < -0.4 is 0 Å². The average Bonchev–Trinajstić information content (AvgIpc) is 2.61. The molecule has 1 nitrogen and oxygen atoms in total. The second-order valence-electron chi connectivity index (χ2n) is 5.06. The summed E-state index contributed by atoms with van der Waals surface area (Å²) in [6.45, 7) is 2.18. The molecule has 0 heterocycles. The maximum Gasteiger partial charge on any atom is 0.162 e. The fraction of sp³-hybridized carbons (Fsp3) is 0.750. The molecule has 0 radical (unpaired) electrons. The molecule has 70 valence electrons. The number of allylic oxidation sites excluding steroid dienone is 2. The molecule has 0 aromatic rings. The van der Waals surface area contributed by atoms with E-state index in [-0.39, 0.29) is 5.41 Å². The standard InChI is InChI=1S/C12H16O/c1-9-8-10(13)12-6-2-4-11(9,12)5-3-7-12/h8H,2-7H2,1H3. The normalized spacial score (nSPS) is 47.8. The number of rotatable bonds is 0. The topological polar surface area (TPSA) is 17.1 Å². The van der Waals surface area contributed by atoms with E-state index in [0.29, 0.717) is 11.2 Å². The van der Waals surface area contributed by atoms with E-state index in [4.69, 9.17) is 0 Å². The summed E-state index contributed by atoms with van der Waals surface area (Å²) in [6, 6.07) is 0. The summed E-state index contributed by atoms with van der Waals surface area (Å²) >= 11 is 0. The summed E-state index contributed by atoms with van der Waals surface area (Å²) in [5.41, 5.74) is 1.83. The molecule has 3 rings (SSSR count). The number of hydrogen-bond donors (Lipinski definition) is 0. The van der Waals surface area contributed by atoms with Crippen LogP contribution in [-0.2, 0) is 4.79 Å². The van der Waals surface area contributed by atoms with Gasteiger partial charge in [0.1, 0.15) is 0 Å². The molecule has 0 saturated heterocycles. The highest BCUT2D eigenvalue weighted by molar-refractivity contribution is 6.00. The van der Waals surface area contributed by atoms with Gasteiger partial charge >= 0.3 is 0 Å². The molecule has 2 fully saturated rings. The zero-order valence-corrected chi connectivity index (χ0v) is 8.23. The van der Waals surface area contributed by atoms with Gasteiger partial charge < -0.3 is 0 Å². The minimum atomic E-state index is 0.0943. The fourth-order valence-corrected chi connectivity index (χ4v) is 4.32. The Morgan fingerprint density at radius 2 is 1.62 bits per heavy atom. The van der Waals surface area contributed by atoms with Crippen LogP contribution in [0.4, 0.5) is 0 Å². The van der Waals surface area contributed by atoms with Crippen molar-refractivity contribution in [2.24, 2.45) is 10.8 Å². The van der Waals surface area contributed by atoms with Crippen LogP contribution in [0.2, 0.25) is 0 Å². The van der Waals surface area contributed by atoms with Crippen LogP contribution in [0.1, 0.15) is 45.4 Å². The maximum absolute atomic E-state index is 12.0. The largest absolute Gasteiger partial charge is 0.294 e. The lowest BCUT2D eigenvalue weighted by atomic mass is 9.67. The van der Waals surface area contributed by atoms with E-state index in [2.05, 4.69) is 6.92 Å². The smallest absolute Gasteiger partial charge is 0.162 e. The Kier molecular flexibility index (Phi) is 1.24. The second kappa shape index (κ2) is 2.08. The summed E-state index contributed by atoms with van der Waals surface area (Å²) < 4.78 is 0. The zero-order chi connectivity index (χ0) is 9.10. The molecule has 3 aliphatic carbocycles. The molecular formula is C12H16O. The summed E-state index contributed by atoms with van der Waals surface area (Å²) in [4.78, 5) is 12.0. The molecule has 0 unspecified atom stereocenters. The highest BCUT2D eigenvalue weighted by atomic mass is 16.1. The predicted molar refractivity (Wildman–Crippen MR) is 51.3 cm³/mol. The van der Waals surface area contributed by atoms with Crippen LogP contribution in [0.15, 0.2) is 11.6 Å². The number of ketones is 1. The molecule has 0 amide bonds. The van der Waals surface area contributed by atoms with Gasteiger partial charge in [-0.15, -0.1) is 0 Å². The molecule has 0 atom stereocenters. The minimum Gasteiger partial charge on any atom is -0.294 e. The molecule has 0 bridgehead atoms. The SMILES string of the molecule is CC1=CC(=O)C23CCCC12CCC3. The van der Waals surface area contributed by atoms with Crippen LogP contribution in [-0.4, -0.2) is 5.78 Å². The van der Waals surface area contributed by atoms with Crippen molar-refractivity contribution in [1.82, 2.24) is 0 Å². The van der Waals surface area contributed by atoms with E-state index < -0.39 is 0 Å². The van der Waals surface area contributed by atoms with E-state index in [9.17, 15) is 4.79 Å². The summed E-state index contributed by atoms with van der Waals surface area (Å²) in [6.07, 6.45) is 9.38. The van der Waals surface area contributed by atoms with Crippen molar-refractivity contribution in [3.63, 3.8) is 0 Å². The first-order chi connectivity index (χ1) is 6.21. The lowest BCUT2D eigenvalue weighted by molar-refractivity contribution is -0.125. The first kappa shape index (κ1) is 7.78. The van der Waals surface area contributed by atoms with Crippen molar-refractivity contribution in [1.29, 1.82) is 0 Å². The van der Waals surface area contributed by atoms with E-state index in [1.807, 2.05) is 6.08 Å². The van der Waals surface area contributed by atoms with Gasteiger partial charge in [-0.3, -0.25) is 4.79 Å². The molecule has 13 heavy (non-hydrogen) atoms. The molecular weight excluding hydrogens is 160 g/mol. The third-order valence-electron chi connectivity index (χ3n) is 4.90. The first-order valence-electron chi connectivity index (χ1n) is 5.45. The third-order valence-corrected chi connectivity index (χ3v) is 4.90. The van der Waals surface area contributed by atoms with Gasteiger partial charge in [0.15, 0.2) is 5.78 Å². The molecule has 2 saturated carbocycles. The maximum atomic E-state index is 12.0. The van der Waals surface area contributed by atoms with Crippen LogP contribution >= 0.6 is 0 Å². The van der Waals surface area contributed by atoms with Gasteiger partial charge in [0.25, 0.3) is 0 Å². The molecule has 0 aliphatic heterocycles. The first-order valence-corrected chi connectivity index (χ1v) is 5.45. The molecule has 0 N–H and O–H groups in total. The van der Waals surface area contributed by atoms with Crippen molar-refractivity contribution >= 4 is 5.78 Å². The third kappa shape index (κ3) is 0.619. The molecule has 0 aromatic carbocycles. The van der Waals surface area contributed by atoms with E-state index >= 15 is 0 Å². The molecule has 3 aliphatic rings. The summed E-state index contributed by atoms with van der Waals surface area (Å²) in [5, 5.41) is 0. The van der Waals surface area contributed by atoms with Crippen molar-refractivity contribution in [2.75, 3.05) is 0 Å². The van der Waals surface area contributed by atoms with Gasteiger partial charge in [-0.05, 0) is 38.7 Å². The molecule has 0 aromatic heterocycles. The Morgan fingerprint density at radius 3 is 2.15 bits per heavy atom. The monoisotopic (exact) mass is 176 g/mol. The lowest BCUT2D eigenvalue weighted by Crippen LogP contribution is -2.34. The Hall–Kier alpha value is -0.590. The Bertz CT molecular complexity index is 301.